The fourth-order valence-electron chi connectivity index (χ4n) is 8.17. The highest BCUT2D eigenvalue weighted by Gasteiger charge is 2.63. The number of carbonyl (C=O) groups is 4. The van der Waals surface area contributed by atoms with Crippen LogP contribution in [0.3, 0.4) is 0 Å². The normalized spacial score (nSPS) is 26.4. The third-order valence-electron chi connectivity index (χ3n) is 12.1. The van der Waals surface area contributed by atoms with Crippen LogP contribution in [0.1, 0.15) is 131 Å². The number of sulfonamides is 1. The molecule has 2 aromatic heterocycles. The maximum atomic E-state index is 14.7. The van der Waals surface area contributed by atoms with Gasteiger partial charge in [-0.25, -0.2) is 17.9 Å². The van der Waals surface area contributed by atoms with Crippen molar-refractivity contribution in [2.45, 2.75) is 159 Å². The largest absolute Gasteiger partial charge is 0.459 e. The number of ether oxygens (including phenoxy) is 2. The summed E-state index contributed by atoms with van der Waals surface area (Å²) in [7, 11) is -4.00. The molecule has 2 aliphatic carbocycles. The zero-order valence-electron chi connectivity index (χ0n) is 36.0. The predicted octanol–water partition coefficient (Wildman–Crippen LogP) is 5.56. The first kappa shape index (κ1) is 43.2. The molecule has 4 amide bonds. The van der Waals surface area contributed by atoms with Crippen molar-refractivity contribution in [3.8, 4) is 11.7 Å². The summed E-state index contributed by atoms with van der Waals surface area (Å²) in [5.41, 5.74) is 0.844. The van der Waals surface area contributed by atoms with Crippen molar-refractivity contribution in [1.29, 1.82) is 0 Å². The van der Waals surface area contributed by atoms with Gasteiger partial charge in [0.1, 0.15) is 34.8 Å². The number of nitrogens with zero attached hydrogens (tertiary/aromatic N) is 5. The molecule has 3 fully saturated rings. The molecule has 1 saturated heterocycles. The number of aromatic nitrogens is 4. The van der Waals surface area contributed by atoms with E-state index in [1.165, 1.54) is 4.90 Å². The number of rotatable bonds is 9. The number of amides is 4. The fourth-order valence-corrected chi connectivity index (χ4v) is 9.49. The van der Waals surface area contributed by atoms with Gasteiger partial charge < -0.3 is 25.0 Å². The summed E-state index contributed by atoms with van der Waals surface area (Å²) in [6, 6.07) is 5.89. The van der Waals surface area contributed by atoms with E-state index in [0.717, 1.165) is 29.7 Å². The average Bonchev–Trinajstić information content (AvgIpc) is 3.82. The molecule has 0 radical (unpaired) electrons. The van der Waals surface area contributed by atoms with Crippen LogP contribution in [0, 0.1) is 5.92 Å². The first-order valence-corrected chi connectivity index (χ1v) is 22.8. The minimum absolute atomic E-state index is 0.0241. The van der Waals surface area contributed by atoms with Gasteiger partial charge in [0, 0.05) is 24.6 Å². The van der Waals surface area contributed by atoms with E-state index in [9.17, 15) is 27.6 Å². The smallest absolute Gasteiger partial charge is 0.408 e. The molecule has 0 bridgehead atoms. The number of para-hydroxylation sites is 1. The monoisotopic (exact) mass is 848 g/mol. The lowest BCUT2D eigenvalue weighted by Crippen LogP contribution is -2.58. The third kappa shape index (κ3) is 8.77. The molecule has 3 N–H and O–H groups in total. The summed E-state index contributed by atoms with van der Waals surface area (Å²) in [6.45, 7) is 15.0. The Balaban J connectivity index is 1.22. The van der Waals surface area contributed by atoms with Crippen LogP contribution in [0.25, 0.3) is 16.7 Å². The van der Waals surface area contributed by atoms with E-state index >= 15 is 0 Å². The molecule has 60 heavy (non-hydrogen) atoms. The molecule has 16 nitrogen and oxygen atoms in total. The molecule has 0 unspecified atom stereocenters. The molecule has 5 atom stereocenters. The van der Waals surface area contributed by atoms with Crippen LogP contribution in [0.4, 0.5) is 4.79 Å². The summed E-state index contributed by atoms with van der Waals surface area (Å²) in [6.07, 6.45) is 8.52. The Morgan fingerprint density at radius 2 is 1.80 bits per heavy atom. The molecule has 326 valence electrons. The van der Waals surface area contributed by atoms with Crippen molar-refractivity contribution < 1.29 is 37.1 Å². The lowest BCUT2D eigenvalue weighted by molar-refractivity contribution is -0.141. The van der Waals surface area contributed by atoms with Crippen LogP contribution in [-0.4, -0.2) is 97.1 Å². The van der Waals surface area contributed by atoms with Crippen molar-refractivity contribution in [3.05, 3.63) is 48.3 Å². The Labute approximate surface area is 352 Å². The fraction of sp³-hybridized carbons (Fsp3) is 0.628. The van der Waals surface area contributed by atoms with Crippen LogP contribution < -0.4 is 20.1 Å². The van der Waals surface area contributed by atoms with Gasteiger partial charge in [-0.05, 0) is 104 Å². The van der Waals surface area contributed by atoms with E-state index in [1.54, 1.807) is 32.4 Å². The van der Waals surface area contributed by atoms with Crippen LogP contribution in [-0.2, 0) is 29.1 Å². The average molecular weight is 849 g/mol. The number of nitrogens with one attached hydrogen (secondary N) is 3. The first-order chi connectivity index (χ1) is 28.2. The minimum atomic E-state index is -4.00. The summed E-state index contributed by atoms with van der Waals surface area (Å²) in [5.74, 6) is -2.12. The van der Waals surface area contributed by atoms with Gasteiger partial charge in [-0.2, -0.15) is 10.1 Å². The topological polar surface area (TPSA) is 196 Å². The summed E-state index contributed by atoms with van der Waals surface area (Å²) in [5, 5.41) is 10.5. The van der Waals surface area contributed by atoms with Gasteiger partial charge in [0.15, 0.2) is 0 Å². The summed E-state index contributed by atoms with van der Waals surface area (Å²) >= 11 is 0. The van der Waals surface area contributed by atoms with Crippen molar-refractivity contribution in [1.82, 2.24) is 39.6 Å². The van der Waals surface area contributed by atoms with Crippen LogP contribution in [0.5, 0.6) is 6.01 Å². The van der Waals surface area contributed by atoms with Crippen molar-refractivity contribution in [3.63, 3.8) is 0 Å². The van der Waals surface area contributed by atoms with Crippen LogP contribution in [0.15, 0.2) is 42.6 Å². The lowest BCUT2D eigenvalue weighted by atomic mass is 10.0. The molecular formula is C43H60N8O8S. The number of imidazole rings is 1. The lowest BCUT2D eigenvalue weighted by Gasteiger charge is -2.30. The molecule has 4 aliphatic rings. The van der Waals surface area contributed by atoms with Crippen LogP contribution in [0.2, 0.25) is 0 Å². The molecule has 2 aliphatic heterocycles. The number of fused-ring (bicyclic) bond motifs is 3. The van der Waals surface area contributed by atoms with Crippen molar-refractivity contribution >= 4 is 44.9 Å². The van der Waals surface area contributed by atoms with Gasteiger partial charge in [0.05, 0.1) is 28.2 Å². The SMILES string of the molecule is CC(C)c1ccn(-c2cccc3c2nc(O[C@@H]2C[C@H]4C(=O)N[C@]5(C(=O)NS(=O)(=O)C6(C)CC6)C[C@H]5/C=C\CCCCC[C@H](NC(=O)OC(C)(C)C)C(=O)N4C2)n3C(C)C)n1. The molecule has 7 rings (SSSR count). The van der Waals surface area contributed by atoms with Gasteiger partial charge >= 0.3 is 6.09 Å². The zero-order valence-corrected chi connectivity index (χ0v) is 36.8. The Morgan fingerprint density at radius 3 is 2.47 bits per heavy atom. The van der Waals surface area contributed by atoms with E-state index in [4.69, 9.17) is 19.6 Å². The maximum absolute atomic E-state index is 14.7. The Bertz CT molecular complexity index is 2290. The second-order valence-electron chi connectivity index (χ2n) is 18.7. The van der Waals surface area contributed by atoms with Gasteiger partial charge in [-0.3, -0.25) is 23.7 Å². The summed E-state index contributed by atoms with van der Waals surface area (Å²) in [4.78, 5) is 62.8. The van der Waals surface area contributed by atoms with E-state index in [0.29, 0.717) is 43.6 Å². The van der Waals surface area contributed by atoms with Crippen molar-refractivity contribution in [2.75, 3.05) is 6.54 Å². The van der Waals surface area contributed by atoms with Gasteiger partial charge in [-0.1, -0.05) is 44.9 Å². The number of alkyl carbamates (subject to hydrolysis) is 1. The first-order valence-electron chi connectivity index (χ1n) is 21.3. The Hall–Kier alpha value is -4.93. The van der Waals surface area contributed by atoms with E-state index in [2.05, 4.69) is 29.2 Å². The number of allylic oxidation sites excluding steroid dienone is 1. The number of hydrogen-bond acceptors (Lipinski definition) is 10. The number of benzene rings is 1. The highest BCUT2D eigenvalue weighted by molar-refractivity contribution is 7.91. The molecule has 3 aromatic rings. The second-order valence-corrected chi connectivity index (χ2v) is 20.9. The Morgan fingerprint density at radius 1 is 1.05 bits per heavy atom. The number of hydrogen-bond donors (Lipinski definition) is 3. The molecule has 17 heteroatoms. The van der Waals surface area contributed by atoms with Crippen LogP contribution >= 0.6 is 0 Å². The van der Waals surface area contributed by atoms with Gasteiger partial charge in [-0.15, -0.1) is 0 Å². The molecular weight excluding hydrogens is 789 g/mol. The van der Waals surface area contributed by atoms with E-state index < -0.39 is 73.8 Å². The maximum Gasteiger partial charge on any atom is 0.408 e. The standard InChI is InChI=1S/C43H60N8O8S/c1-26(2)30-19-22-50(47-30)32-17-14-18-33-35(32)45-39(51(33)27(3)4)58-29-23-34-36(52)46-43(38(54)48-60(56,57)42(8)20-21-42)24-28(43)15-12-10-9-11-13-16-31(37(53)49(34)25-29)44-40(55)59-41(5,6)7/h12,14-15,17-19,22,26-29,31,34H,9-11,13,16,20-21,23-25H2,1-8H3,(H,44,55)(H,46,52)(H,48,54)/b15-12-/t28-,29-,31+,34+,43-/m1/s1. The highest BCUT2D eigenvalue weighted by Crippen LogP contribution is 2.47. The molecule has 2 saturated carbocycles. The van der Waals surface area contributed by atoms with E-state index in [-0.39, 0.29) is 31.3 Å². The third-order valence-corrected chi connectivity index (χ3v) is 14.2. The number of carbonyl (C=O) groups excluding carboxylic acids is 4. The quantitative estimate of drug-likeness (QED) is 0.230. The molecule has 0 spiro atoms. The molecule has 4 heterocycles. The van der Waals surface area contributed by atoms with E-state index in [1.807, 2.05) is 61.0 Å². The minimum Gasteiger partial charge on any atom is -0.459 e. The predicted molar refractivity (Wildman–Crippen MR) is 225 cm³/mol. The Kier molecular flexibility index (Phi) is 11.6. The zero-order chi connectivity index (χ0) is 43.4. The summed E-state index contributed by atoms with van der Waals surface area (Å²) < 4.78 is 43.7. The second kappa shape index (κ2) is 16.2. The van der Waals surface area contributed by atoms with Gasteiger partial charge in [0.2, 0.25) is 21.8 Å². The highest BCUT2D eigenvalue weighted by atomic mass is 32.2. The van der Waals surface area contributed by atoms with Gasteiger partial charge in [0.25, 0.3) is 11.9 Å². The molecule has 1 aromatic carbocycles. The van der Waals surface area contributed by atoms with Crippen molar-refractivity contribution in [2.24, 2.45) is 5.92 Å².